The van der Waals surface area contributed by atoms with Crippen LogP contribution >= 0.6 is 0 Å². The van der Waals surface area contributed by atoms with Crippen molar-refractivity contribution in [2.75, 3.05) is 0 Å². The van der Waals surface area contributed by atoms with Crippen LogP contribution in [-0.4, -0.2) is 29.2 Å². The topological polar surface area (TPSA) is 78.4 Å². The summed E-state index contributed by atoms with van der Waals surface area (Å²) in [6, 6.07) is -0.973. The fourth-order valence-corrected chi connectivity index (χ4v) is 2.47. The molecular weight excluding hydrogens is 244 g/mol. The summed E-state index contributed by atoms with van der Waals surface area (Å²) in [5, 5.41) is 14.4. The molecule has 0 spiro atoms. The second-order valence-corrected chi connectivity index (χ2v) is 6.24. The Hall–Kier alpha value is -1.26. The van der Waals surface area contributed by atoms with Crippen molar-refractivity contribution in [2.45, 2.75) is 71.4 Å². The minimum atomic E-state index is -0.971. The Labute approximate surface area is 115 Å². The predicted molar refractivity (Wildman–Crippen MR) is 74.0 cm³/mol. The smallest absolute Gasteiger partial charge is 0.326 e. The van der Waals surface area contributed by atoms with E-state index >= 15 is 0 Å². The Bertz CT molecular complexity index is 319. The van der Waals surface area contributed by atoms with Crippen LogP contribution in [0.1, 0.15) is 59.3 Å². The first kappa shape index (κ1) is 15.8. The number of aliphatic carboxylic acids is 1. The Balaban J connectivity index is 2.37. The number of urea groups is 1. The lowest BCUT2D eigenvalue weighted by atomic mass is 9.76. The Morgan fingerprint density at radius 1 is 1.32 bits per heavy atom. The summed E-state index contributed by atoms with van der Waals surface area (Å²) in [6.45, 7) is 6.38. The number of nitrogens with one attached hydrogen (secondary N) is 2. The summed E-state index contributed by atoms with van der Waals surface area (Å²) in [5.41, 5.74) is 0.362. The molecule has 1 rings (SSSR count). The van der Waals surface area contributed by atoms with Gasteiger partial charge in [0.1, 0.15) is 6.04 Å². The lowest BCUT2D eigenvalue weighted by Gasteiger charge is -2.34. The number of hydrogen-bond donors (Lipinski definition) is 3. The van der Waals surface area contributed by atoms with E-state index < -0.39 is 12.0 Å². The van der Waals surface area contributed by atoms with Crippen LogP contribution in [0.15, 0.2) is 0 Å². The average molecular weight is 270 g/mol. The lowest BCUT2D eigenvalue weighted by Crippen LogP contribution is -2.50. The number of carbonyl (C=O) groups is 2. The molecule has 1 aliphatic carbocycles. The maximum atomic E-state index is 11.8. The zero-order valence-electron chi connectivity index (χ0n) is 12.2. The van der Waals surface area contributed by atoms with Gasteiger partial charge >= 0.3 is 12.0 Å². The molecule has 3 N–H and O–H groups in total. The molecule has 0 heterocycles. The van der Waals surface area contributed by atoms with Gasteiger partial charge in [0.25, 0.3) is 0 Å². The van der Waals surface area contributed by atoms with Crippen LogP contribution in [0.2, 0.25) is 0 Å². The molecule has 1 saturated carbocycles. The van der Waals surface area contributed by atoms with E-state index in [-0.39, 0.29) is 12.1 Å². The second kappa shape index (κ2) is 6.78. The van der Waals surface area contributed by atoms with Crippen LogP contribution in [0.5, 0.6) is 0 Å². The van der Waals surface area contributed by atoms with Crippen molar-refractivity contribution in [2.24, 2.45) is 5.41 Å². The van der Waals surface area contributed by atoms with Gasteiger partial charge in [0.15, 0.2) is 0 Å². The van der Waals surface area contributed by atoms with Crippen LogP contribution in [0.3, 0.4) is 0 Å². The van der Waals surface area contributed by atoms with E-state index in [0.717, 1.165) is 32.1 Å². The minimum Gasteiger partial charge on any atom is -0.480 e. The van der Waals surface area contributed by atoms with Crippen LogP contribution in [0.4, 0.5) is 4.79 Å². The molecule has 5 heteroatoms. The van der Waals surface area contributed by atoms with Crippen LogP contribution < -0.4 is 10.6 Å². The number of hydrogen-bond acceptors (Lipinski definition) is 2. The zero-order valence-corrected chi connectivity index (χ0v) is 12.2. The van der Waals surface area contributed by atoms with E-state index in [0.29, 0.717) is 11.8 Å². The highest BCUT2D eigenvalue weighted by Gasteiger charge is 2.28. The van der Waals surface area contributed by atoms with Gasteiger partial charge in [-0.05, 0) is 37.5 Å². The predicted octanol–water partition coefficient (Wildman–Crippen LogP) is 2.51. The molecule has 5 nitrogen and oxygen atoms in total. The number of carbonyl (C=O) groups excluding carboxylic acids is 1. The quantitative estimate of drug-likeness (QED) is 0.718. The second-order valence-electron chi connectivity index (χ2n) is 6.24. The van der Waals surface area contributed by atoms with Gasteiger partial charge in [0.2, 0.25) is 0 Å². The number of rotatable bonds is 5. The molecule has 0 aliphatic heterocycles. The lowest BCUT2D eigenvalue weighted by molar-refractivity contribution is -0.139. The van der Waals surface area contributed by atoms with Gasteiger partial charge < -0.3 is 15.7 Å². The van der Waals surface area contributed by atoms with Crippen molar-refractivity contribution in [3.05, 3.63) is 0 Å². The molecule has 0 aromatic rings. The van der Waals surface area contributed by atoms with Gasteiger partial charge in [-0.1, -0.05) is 27.2 Å². The standard InChI is InChI=1S/C14H26N2O3/c1-4-5-11(12(17)18)16-13(19)15-10-6-8-14(2,3)9-7-10/h10-11H,4-9H2,1-3H3,(H,17,18)(H2,15,16,19). The first-order chi connectivity index (χ1) is 8.84. The van der Waals surface area contributed by atoms with Gasteiger partial charge in [-0.3, -0.25) is 0 Å². The number of carboxylic acid groups (broad SMARTS) is 1. The van der Waals surface area contributed by atoms with Crippen molar-refractivity contribution >= 4 is 12.0 Å². The van der Waals surface area contributed by atoms with Crippen LogP contribution in [0, 0.1) is 5.41 Å². The summed E-state index contributed by atoms with van der Waals surface area (Å²) < 4.78 is 0. The maximum absolute atomic E-state index is 11.8. The van der Waals surface area contributed by atoms with E-state index in [1.807, 2.05) is 6.92 Å². The molecule has 2 amide bonds. The fourth-order valence-electron chi connectivity index (χ4n) is 2.47. The molecule has 1 fully saturated rings. The molecule has 1 unspecified atom stereocenters. The number of carboxylic acids is 1. The molecule has 0 saturated heterocycles. The monoisotopic (exact) mass is 270 g/mol. The van der Waals surface area contributed by atoms with Gasteiger partial charge in [0.05, 0.1) is 0 Å². The van der Waals surface area contributed by atoms with Crippen molar-refractivity contribution in [1.29, 1.82) is 0 Å². The van der Waals surface area contributed by atoms with Crippen molar-refractivity contribution in [3.63, 3.8) is 0 Å². The highest BCUT2D eigenvalue weighted by molar-refractivity contribution is 5.82. The van der Waals surface area contributed by atoms with Crippen molar-refractivity contribution in [3.8, 4) is 0 Å². The fraction of sp³-hybridized carbons (Fsp3) is 0.857. The van der Waals surface area contributed by atoms with Crippen molar-refractivity contribution in [1.82, 2.24) is 10.6 Å². The molecule has 0 aromatic carbocycles. The highest BCUT2D eigenvalue weighted by Crippen LogP contribution is 2.34. The summed E-state index contributed by atoms with van der Waals surface area (Å²) >= 11 is 0. The van der Waals surface area contributed by atoms with Gasteiger partial charge in [0, 0.05) is 6.04 Å². The zero-order chi connectivity index (χ0) is 14.5. The normalized spacial score (nSPS) is 20.6. The van der Waals surface area contributed by atoms with E-state index in [2.05, 4.69) is 24.5 Å². The molecule has 1 atom stereocenters. The Morgan fingerprint density at radius 2 is 1.89 bits per heavy atom. The molecule has 0 aromatic heterocycles. The van der Waals surface area contributed by atoms with Crippen molar-refractivity contribution < 1.29 is 14.7 Å². The SMILES string of the molecule is CCCC(NC(=O)NC1CCC(C)(C)CC1)C(=O)O. The van der Waals surface area contributed by atoms with E-state index in [1.165, 1.54) is 0 Å². The molecular formula is C14H26N2O3. The molecule has 1 aliphatic rings. The Kier molecular flexibility index (Phi) is 5.63. The Morgan fingerprint density at radius 3 is 2.37 bits per heavy atom. The average Bonchev–Trinajstić information content (AvgIpc) is 2.31. The van der Waals surface area contributed by atoms with E-state index in [1.54, 1.807) is 0 Å². The third kappa shape index (κ3) is 5.49. The van der Waals surface area contributed by atoms with E-state index in [4.69, 9.17) is 5.11 Å². The first-order valence-electron chi connectivity index (χ1n) is 7.14. The third-order valence-electron chi connectivity index (χ3n) is 3.86. The van der Waals surface area contributed by atoms with Crippen LogP contribution in [0.25, 0.3) is 0 Å². The molecule has 0 radical (unpaired) electrons. The van der Waals surface area contributed by atoms with Gasteiger partial charge in [-0.25, -0.2) is 9.59 Å². The third-order valence-corrected chi connectivity index (χ3v) is 3.86. The van der Waals surface area contributed by atoms with Gasteiger partial charge in [-0.15, -0.1) is 0 Å². The summed E-state index contributed by atoms with van der Waals surface area (Å²) in [4.78, 5) is 22.7. The molecule has 0 bridgehead atoms. The minimum absolute atomic E-state index is 0.170. The van der Waals surface area contributed by atoms with E-state index in [9.17, 15) is 9.59 Å². The first-order valence-corrected chi connectivity index (χ1v) is 7.14. The largest absolute Gasteiger partial charge is 0.480 e. The van der Waals surface area contributed by atoms with Gasteiger partial charge in [-0.2, -0.15) is 0 Å². The maximum Gasteiger partial charge on any atom is 0.326 e. The van der Waals surface area contributed by atoms with Crippen LogP contribution in [-0.2, 0) is 4.79 Å². The summed E-state index contributed by atoms with van der Waals surface area (Å²) in [5.74, 6) is -0.971. The summed E-state index contributed by atoms with van der Waals surface area (Å²) in [7, 11) is 0. The summed E-state index contributed by atoms with van der Waals surface area (Å²) in [6.07, 6.45) is 5.30. The number of amides is 2. The highest BCUT2D eigenvalue weighted by atomic mass is 16.4. The molecule has 110 valence electrons. The molecule has 19 heavy (non-hydrogen) atoms.